The maximum absolute atomic E-state index is 14.0. The Morgan fingerprint density at radius 1 is 0.972 bits per heavy atom. The predicted octanol–water partition coefficient (Wildman–Crippen LogP) is 5.81. The highest BCUT2D eigenvalue weighted by Crippen LogP contribution is 2.33. The maximum Gasteiger partial charge on any atom is 0.237 e. The van der Waals surface area contributed by atoms with Crippen LogP contribution in [0.2, 0.25) is 0 Å². The molecule has 1 heterocycles. The fourth-order valence-electron chi connectivity index (χ4n) is 3.44. The number of amides is 1. The molecule has 0 saturated heterocycles. The molecule has 10 heteroatoms. The second-order valence-corrected chi connectivity index (χ2v) is 9.10. The number of anilines is 1. The third-order valence-electron chi connectivity index (χ3n) is 5.25. The van der Waals surface area contributed by atoms with Crippen LogP contribution in [0.25, 0.3) is 5.69 Å². The van der Waals surface area contributed by atoms with Crippen molar-refractivity contribution in [3.63, 3.8) is 0 Å². The number of rotatable bonds is 9. The van der Waals surface area contributed by atoms with E-state index in [1.165, 1.54) is 6.07 Å². The number of hydrogen-bond donors (Lipinski definition) is 1. The number of thioether (sulfide) groups is 1. The van der Waals surface area contributed by atoms with Crippen molar-refractivity contribution >= 4 is 23.4 Å². The summed E-state index contributed by atoms with van der Waals surface area (Å²) in [7, 11) is 1.57. The lowest BCUT2D eigenvalue weighted by atomic mass is 10.3. The number of hydrogen-bond acceptors (Lipinski definition) is 6. The lowest BCUT2D eigenvalue weighted by Crippen LogP contribution is -2.23. The monoisotopic (exact) mass is 510 g/mol. The van der Waals surface area contributed by atoms with Crippen molar-refractivity contribution in [2.24, 2.45) is 0 Å². The van der Waals surface area contributed by atoms with Crippen LogP contribution in [0.5, 0.6) is 11.5 Å². The molecular formula is C26H24F2N4O3S. The third kappa shape index (κ3) is 5.65. The Bertz CT molecular complexity index is 1350. The van der Waals surface area contributed by atoms with Gasteiger partial charge in [-0.15, -0.1) is 10.2 Å². The molecule has 1 amide bonds. The number of halogens is 2. The largest absolute Gasteiger partial charge is 0.493 e. The SMILES string of the molecule is COc1ccccc1OC(C)c1nnc(SC(C)C(=O)Nc2ccc(F)cc2F)n1-c1ccccc1. The molecule has 36 heavy (non-hydrogen) atoms. The Kier molecular flexibility index (Phi) is 7.84. The second-order valence-electron chi connectivity index (χ2n) is 7.80. The zero-order chi connectivity index (χ0) is 25.7. The van der Waals surface area contributed by atoms with Gasteiger partial charge in [0.15, 0.2) is 28.6 Å². The van der Waals surface area contributed by atoms with E-state index in [0.29, 0.717) is 22.5 Å². The number of benzene rings is 3. The van der Waals surface area contributed by atoms with Gasteiger partial charge in [-0.25, -0.2) is 8.78 Å². The summed E-state index contributed by atoms with van der Waals surface area (Å²) >= 11 is 1.15. The van der Waals surface area contributed by atoms with Crippen molar-refractivity contribution in [1.29, 1.82) is 0 Å². The smallest absolute Gasteiger partial charge is 0.237 e. The first kappa shape index (κ1) is 25.2. The molecule has 0 saturated carbocycles. The van der Waals surface area contributed by atoms with Gasteiger partial charge in [0.2, 0.25) is 5.91 Å². The summed E-state index contributed by atoms with van der Waals surface area (Å²) < 4.78 is 40.5. The minimum Gasteiger partial charge on any atom is -0.493 e. The van der Waals surface area contributed by atoms with Gasteiger partial charge in [0.25, 0.3) is 0 Å². The van der Waals surface area contributed by atoms with Gasteiger partial charge >= 0.3 is 0 Å². The molecule has 4 rings (SSSR count). The number of nitrogens with zero attached hydrogens (tertiary/aromatic N) is 3. The van der Waals surface area contributed by atoms with Crippen LogP contribution in [0.1, 0.15) is 25.8 Å². The quantitative estimate of drug-likeness (QED) is 0.286. The Labute approximate surface area is 211 Å². The van der Waals surface area contributed by atoms with Gasteiger partial charge in [-0.3, -0.25) is 9.36 Å². The van der Waals surface area contributed by atoms with Crippen LogP contribution in [-0.4, -0.2) is 33.0 Å². The van der Waals surface area contributed by atoms with E-state index >= 15 is 0 Å². The first-order valence-corrected chi connectivity index (χ1v) is 12.0. The summed E-state index contributed by atoms with van der Waals surface area (Å²) in [6.45, 7) is 3.51. The van der Waals surface area contributed by atoms with Crippen LogP contribution in [0.15, 0.2) is 78.0 Å². The molecule has 4 aromatic rings. The van der Waals surface area contributed by atoms with Crippen molar-refractivity contribution in [2.45, 2.75) is 30.4 Å². The Balaban J connectivity index is 1.59. The average Bonchev–Trinajstić information content (AvgIpc) is 3.30. The van der Waals surface area contributed by atoms with Crippen LogP contribution in [-0.2, 0) is 4.79 Å². The number of carbonyl (C=O) groups excluding carboxylic acids is 1. The Morgan fingerprint density at radius 3 is 2.36 bits per heavy atom. The Hall–Kier alpha value is -3.92. The second kappa shape index (κ2) is 11.2. The molecule has 0 fully saturated rings. The van der Waals surface area contributed by atoms with Crippen LogP contribution in [0.3, 0.4) is 0 Å². The average molecular weight is 511 g/mol. The van der Waals surface area contributed by atoms with E-state index in [0.717, 1.165) is 29.6 Å². The van der Waals surface area contributed by atoms with Gasteiger partial charge < -0.3 is 14.8 Å². The first-order valence-electron chi connectivity index (χ1n) is 11.1. The Morgan fingerprint density at radius 2 is 1.67 bits per heavy atom. The summed E-state index contributed by atoms with van der Waals surface area (Å²) in [5.74, 6) is -0.375. The molecule has 2 unspecified atom stereocenters. The van der Waals surface area contributed by atoms with Crippen LogP contribution in [0.4, 0.5) is 14.5 Å². The van der Waals surface area contributed by atoms with E-state index < -0.39 is 28.9 Å². The van der Waals surface area contributed by atoms with Gasteiger partial charge in [0, 0.05) is 11.8 Å². The van der Waals surface area contributed by atoms with Gasteiger partial charge in [-0.1, -0.05) is 42.1 Å². The minimum atomic E-state index is -0.849. The normalized spacial score (nSPS) is 12.6. The van der Waals surface area contributed by atoms with E-state index in [4.69, 9.17) is 9.47 Å². The fourth-order valence-corrected chi connectivity index (χ4v) is 4.31. The van der Waals surface area contributed by atoms with E-state index in [1.807, 2.05) is 54.0 Å². The van der Waals surface area contributed by atoms with Crippen LogP contribution >= 0.6 is 11.8 Å². The molecule has 1 aromatic heterocycles. The lowest BCUT2D eigenvalue weighted by Gasteiger charge is -2.18. The molecule has 0 aliphatic heterocycles. The molecular weight excluding hydrogens is 486 g/mol. The highest BCUT2D eigenvalue weighted by molar-refractivity contribution is 8.00. The zero-order valence-electron chi connectivity index (χ0n) is 19.8. The molecule has 2 atom stereocenters. The number of methoxy groups -OCH3 is 1. The highest BCUT2D eigenvalue weighted by Gasteiger charge is 2.25. The van der Waals surface area contributed by atoms with Crippen molar-refractivity contribution in [1.82, 2.24) is 14.8 Å². The minimum absolute atomic E-state index is 0.0992. The van der Waals surface area contributed by atoms with Crippen LogP contribution in [0, 0.1) is 11.6 Å². The molecule has 0 aliphatic carbocycles. The van der Waals surface area contributed by atoms with Crippen molar-refractivity contribution in [2.75, 3.05) is 12.4 Å². The number of aromatic nitrogens is 3. The highest BCUT2D eigenvalue weighted by atomic mass is 32.2. The van der Waals surface area contributed by atoms with E-state index in [9.17, 15) is 13.6 Å². The zero-order valence-corrected chi connectivity index (χ0v) is 20.6. The first-order chi connectivity index (χ1) is 17.4. The molecule has 186 valence electrons. The molecule has 3 aromatic carbocycles. The van der Waals surface area contributed by atoms with Crippen LogP contribution < -0.4 is 14.8 Å². The number of ether oxygens (including phenoxy) is 2. The molecule has 0 radical (unpaired) electrons. The van der Waals surface area contributed by atoms with Gasteiger partial charge in [0.1, 0.15) is 11.6 Å². The molecule has 1 N–H and O–H groups in total. The topological polar surface area (TPSA) is 78.3 Å². The fraction of sp³-hybridized carbons (Fsp3) is 0.192. The number of nitrogens with one attached hydrogen (secondary N) is 1. The van der Waals surface area contributed by atoms with Crippen molar-refractivity contribution in [3.05, 3.63) is 90.3 Å². The molecule has 0 aliphatic rings. The maximum atomic E-state index is 14.0. The van der Waals surface area contributed by atoms with Gasteiger partial charge in [0.05, 0.1) is 18.0 Å². The molecule has 7 nitrogen and oxygen atoms in total. The predicted molar refractivity (Wildman–Crippen MR) is 134 cm³/mol. The van der Waals surface area contributed by atoms with Gasteiger partial charge in [-0.05, 0) is 50.2 Å². The van der Waals surface area contributed by atoms with E-state index in [-0.39, 0.29) is 5.69 Å². The van der Waals surface area contributed by atoms with E-state index in [2.05, 4.69) is 15.5 Å². The lowest BCUT2D eigenvalue weighted by molar-refractivity contribution is -0.115. The summed E-state index contributed by atoms with van der Waals surface area (Å²) in [4.78, 5) is 12.8. The summed E-state index contributed by atoms with van der Waals surface area (Å²) in [5.41, 5.74) is 0.686. The van der Waals surface area contributed by atoms with Crippen molar-refractivity contribution < 1.29 is 23.0 Å². The number of carbonyl (C=O) groups is 1. The van der Waals surface area contributed by atoms with Gasteiger partial charge in [-0.2, -0.15) is 0 Å². The van der Waals surface area contributed by atoms with Crippen molar-refractivity contribution in [3.8, 4) is 17.2 Å². The summed E-state index contributed by atoms with van der Waals surface area (Å²) in [6, 6.07) is 19.7. The summed E-state index contributed by atoms with van der Waals surface area (Å²) in [6.07, 6.45) is -0.513. The standard InChI is InChI=1S/C26H24F2N4O3S/c1-16(35-23-12-8-7-11-22(23)34-3)24-30-31-26(32(24)19-9-5-4-6-10-19)36-17(2)25(33)29-21-14-13-18(27)15-20(21)28/h4-17H,1-3H3,(H,29,33). The number of para-hydroxylation sites is 3. The molecule has 0 spiro atoms. The summed E-state index contributed by atoms with van der Waals surface area (Å²) in [5, 5.41) is 11.0. The van der Waals surface area contributed by atoms with E-state index in [1.54, 1.807) is 26.2 Å². The molecule has 0 bridgehead atoms. The third-order valence-corrected chi connectivity index (χ3v) is 6.29.